The van der Waals surface area contributed by atoms with Gasteiger partial charge in [0.2, 0.25) is 0 Å². The van der Waals surface area contributed by atoms with Crippen molar-refractivity contribution in [2.75, 3.05) is 44.2 Å². The molecule has 0 spiro atoms. The molecule has 0 unspecified atom stereocenters. The van der Waals surface area contributed by atoms with Crippen LogP contribution in [0.25, 0.3) is 0 Å². The van der Waals surface area contributed by atoms with Gasteiger partial charge >= 0.3 is 6.03 Å². The zero-order chi connectivity index (χ0) is 17.6. The molecule has 1 aromatic carbocycles. The van der Waals surface area contributed by atoms with E-state index < -0.39 is 5.60 Å². The highest BCUT2D eigenvalue weighted by atomic mass is 16.3. The fourth-order valence-electron chi connectivity index (χ4n) is 2.83. The zero-order valence-corrected chi connectivity index (χ0v) is 15.0. The smallest absolute Gasteiger partial charge is 0.315 e. The maximum absolute atomic E-state index is 11.8. The Morgan fingerprint density at radius 1 is 1.21 bits per heavy atom. The number of nitrogens with one attached hydrogen (secondary N) is 2. The van der Waals surface area contributed by atoms with E-state index in [1.165, 1.54) is 5.69 Å². The molecule has 1 fully saturated rings. The minimum Gasteiger partial charge on any atom is -0.389 e. The van der Waals surface area contributed by atoms with Gasteiger partial charge < -0.3 is 20.6 Å². The Hall–Kier alpha value is -1.79. The van der Waals surface area contributed by atoms with Crippen LogP contribution in [0.4, 0.5) is 10.5 Å². The fourth-order valence-corrected chi connectivity index (χ4v) is 2.83. The van der Waals surface area contributed by atoms with Gasteiger partial charge in [0.05, 0.1) is 5.60 Å². The quantitative estimate of drug-likeness (QED) is 0.733. The summed E-state index contributed by atoms with van der Waals surface area (Å²) in [5.74, 6) is 0. The first-order valence-corrected chi connectivity index (χ1v) is 8.62. The van der Waals surface area contributed by atoms with Crippen molar-refractivity contribution < 1.29 is 9.90 Å². The van der Waals surface area contributed by atoms with Crippen LogP contribution in [0.5, 0.6) is 0 Å². The highest BCUT2D eigenvalue weighted by Crippen LogP contribution is 2.15. The maximum atomic E-state index is 11.8. The summed E-state index contributed by atoms with van der Waals surface area (Å²) in [7, 11) is 0. The highest BCUT2D eigenvalue weighted by molar-refractivity contribution is 5.74. The number of urea groups is 1. The monoisotopic (exact) mass is 334 g/mol. The van der Waals surface area contributed by atoms with Gasteiger partial charge in [0.1, 0.15) is 0 Å². The summed E-state index contributed by atoms with van der Waals surface area (Å²) in [5.41, 5.74) is 0.378. The predicted molar refractivity (Wildman–Crippen MR) is 97.4 cm³/mol. The van der Waals surface area contributed by atoms with Crippen LogP contribution in [0, 0.1) is 0 Å². The average molecular weight is 334 g/mol. The van der Waals surface area contributed by atoms with E-state index >= 15 is 0 Å². The van der Waals surface area contributed by atoms with Gasteiger partial charge in [-0.2, -0.15) is 0 Å². The number of anilines is 1. The molecular formula is C18H30N4O2. The van der Waals surface area contributed by atoms with E-state index in [1.54, 1.807) is 13.8 Å². The number of piperazine rings is 1. The van der Waals surface area contributed by atoms with Crippen molar-refractivity contribution in [3.63, 3.8) is 0 Å². The molecule has 2 amide bonds. The third-order valence-electron chi connectivity index (χ3n) is 4.08. The Morgan fingerprint density at radius 3 is 2.42 bits per heavy atom. The first-order chi connectivity index (χ1) is 11.3. The Balaban J connectivity index is 1.68. The Labute approximate surface area is 144 Å². The topological polar surface area (TPSA) is 67.8 Å². The molecule has 0 saturated carbocycles. The third kappa shape index (κ3) is 6.37. The van der Waals surface area contributed by atoms with Crippen LogP contribution in [0.15, 0.2) is 30.3 Å². The van der Waals surface area contributed by atoms with E-state index in [4.69, 9.17) is 0 Å². The van der Waals surface area contributed by atoms with E-state index in [-0.39, 0.29) is 18.6 Å². The first kappa shape index (κ1) is 18.5. The summed E-state index contributed by atoms with van der Waals surface area (Å²) in [4.78, 5) is 16.6. The average Bonchev–Trinajstić information content (AvgIpc) is 2.54. The Bertz CT molecular complexity index is 508. The van der Waals surface area contributed by atoms with Gasteiger partial charge in [0.15, 0.2) is 0 Å². The molecule has 134 valence electrons. The molecule has 6 heteroatoms. The second kappa shape index (κ2) is 8.35. The lowest BCUT2D eigenvalue weighted by Gasteiger charge is -2.37. The number of amides is 2. The van der Waals surface area contributed by atoms with E-state index in [1.807, 2.05) is 13.0 Å². The van der Waals surface area contributed by atoms with Gasteiger partial charge in [0.25, 0.3) is 0 Å². The van der Waals surface area contributed by atoms with Gasteiger partial charge in [0, 0.05) is 51.0 Å². The van der Waals surface area contributed by atoms with Crippen molar-refractivity contribution in [2.24, 2.45) is 0 Å². The van der Waals surface area contributed by atoms with Crippen LogP contribution in [-0.2, 0) is 0 Å². The van der Waals surface area contributed by atoms with E-state index in [0.29, 0.717) is 0 Å². The SMILES string of the molecule is C[C@H](CN1CCN(c2ccccc2)CC1)NC(=O)NCC(C)(C)O. The van der Waals surface area contributed by atoms with Gasteiger partial charge in [-0.25, -0.2) is 4.79 Å². The molecule has 1 atom stereocenters. The lowest BCUT2D eigenvalue weighted by molar-refractivity contribution is 0.0817. The number of para-hydroxylation sites is 1. The molecule has 2 rings (SSSR count). The first-order valence-electron chi connectivity index (χ1n) is 8.62. The molecular weight excluding hydrogens is 304 g/mol. The van der Waals surface area contributed by atoms with Crippen LogP contribution in [0.2, 0.25) is 0 Å². The molecule has 0 bridgehead atoms. The Kier molecular flexibility index (Phi) is 6.45. The van der Waals surface area contributed by atoms with Crippen molar-refractivity contribution in [3.8, 4) is 0 Å². The zero-order valence-electron chi connectivity index (χ0n) is 15.0. The van der Waals surface area contributed by atoms with Crippen molar-refractivity contribution in [3.05, 3.63) is 30.3 Å². The summed E-state index contributed by atoms with van der Waals surface area (Å²) in [6.07, 6.45) is 0. The van der Waals surface area contributed by atoms with Crippen molar-refractivity contribution in [1.29, 1.82) is 0 Å². The number of aliphatic hydroxyl groups is 1. The molecule has 0 aliphatic carbocycles. The van der Waals surface area contributed by atoms with E-state index in [9.17, 15) is 9.90 Å². The molecule has 1 aliphatic rings. The standard InChI is InChI=1S/C18H30N4O2/c1-15(20-17(23)19-14-18(2,3)24)13-21-9-11-22(12-10-21)16-7-5-4-6-8-16/h4-8,15,24H,9-14H2,1-3H3,(H2,19,20,23)/t15-/m1/s1. The molecule has 0 aromatic heterocycles. The third-order valence-corrected chi connectivity index (χ3v) is 4.08. The number of rotatable bonds is 6. The van der Waals surface area contributed by atoms with E-state index in [2.05, 4.69) is 44.7 Å². The highest BCUT2D eigenvalue weighted by Gasteiger charge is 2.20. The number of carbonyl (C=O) groups is 1. The summed E-state index contributed by atoms with van der Waals surface area (Å²) in [6.45, 7) is 10.4. The molecule has 1 aliphatic heterocycles. The minimum atomic E-state index is -0.894. The van der Waals surface area contributed by atoms with E-state index in [0.717, 1.165) is 32.7 Å². The van der Waals surface area contributed by atoms with Crippen molar-refractivity contribution >= 4 is 11.7 Å². The Morgan fingerprint density at radius 2 is 1.83 bits per heavy atom. The summed E-state index contributed by atoms with van der Waals surface area (Å²) >= 11 is 0. The molecule has 6 nitrogen and oxygen atoms in total. The predicted octanol–water partition coefficient (Wildman–Crippen LogP) is 1.27. The van der Waals surface area contributed by atoms with Gasteiger partial charge in [-0.3, -0.25) is 4.90 Å². The largest absolute Gasteiger partial charge is 0.389 e. The molecule has 24 heavy (non-hydrogen) atoms. The maximum Gasteiger partial charge on any atom is 0.315 e. The molecule has 1 saturated heterocycles. The second-order valence-corrected chi connectivity index (χ2v) is 7.16. The van der Waals surface area contributed by atoms with Crippen LogP contribution in [0.1, 0.15) is 20.8 Å². The minimum absolute atomic E-state index is 0.0649. The van der Waals surface area contributed by atoms with Gasteiger partial charge in [-0.15, -0.1) is 0 Å². The molecule has 3 N–H and O–H groups in total. The van der Waals surface area contributed by atoms with Crippen molar-refractivity contribution in [1.82, 2.24) is 15.5 Å². The normalized spacial score (nSPS) is 17.4. The van der Waals surface area contributed by atoms with Crippen LogP contribution in [0.3, 0.4) is 0 Å². The molecule has 0 radical (unpaired) electrons. The summed E-state index contributed by atoms with van der Waals surface area (Å²) < 4.78 is 0. The second-order valence-electron chi connectivity index (χ2n) is 7.16. The lowest BCUT2D eigenvalue weighted by Crippen LogP contribution is -2.52. The number of nitrogens with zero attached hydrogens (tertiary/aromatic N) is 2. The number of hydrogen-bond donors (Lipinski definition) is 3. The summed E-state index contributed by atoms with van der Waals surface area (Å²) in [5, 5.41) is 15.2. The lowest BCUT2D eigenvalue weighted by atomic mass is 10.1. The number of hydrogen-bond acceptors (Lipinski definition) is 4. The molecule has 1 aromatic rings. The van der Waals surface area contributed by atoms with Crippen LogP contribution in [-0.4, -0.2) is 66.9 Å². The summed E-state index contributed by atoms with van der Waals surface area (Å²) in [6, 6.07) is 10.3. The number of benzene rings is 1. The number of carbonyl (C=O) groups excluding carboxylic acids is 1. The van der Waals surface area contributed by atoms with Crippen LogP contribution >= 0.6 is 0 Å². The molecule has 1 heterocycles. The van der Waals surface area contributed by atoms with Crippen molar-refractivity contribution in [2.45, 2.75) is 32.4 Å². The van der Waals surface area contributed by atoms with Gasteiger partial charge in [-0.1, -0.05) is 18.2 Å². The fraction of sp³-hybridized carbons (Fsp3) is 0.611. The van der Waals surface area contributed by atoms with Gasteiger partial charge in [-0.05, 0) is 32.9 Å². The van der Waals surface area contributed by atoms with Crippen LogP contribution < -0.4 is 15.5 Å².